The molecule has 2 N–H and O–H groups in total. The number of aryl methyl sites for hydroxylation is 1. The molecule has 21 heavy (non-hydrogen) atoms. The smallest absolute Gasteiger partial charge is 0.407 e. The second kappa shape index (κ2) is 6.87. The molecule has 0 aliphatic heterocycles. The molecule has 116 valence electrons. The monoisotopic (exact) mass is 296 g/mol. The molecule has 1 rings (SSSR count). The highest BCUT2D eigenvalue weighted by Gasteiger charge is 2.18. The van der Waals surface area contributed by atoms with Crippen molar-refractivity contribution < 1.29 is 14.5 Å². The molecule has 0 aromatic carbocycles. The van der Waals surface area contributed by atoms with Crippen molar-refractivity contribution in [3.05, 3.63) is 27.9 Å². The highest BCUT2D eigenvalue weighted by atomic mass is 16.6. The summed E-state index contributed by atoms with van der Waals surface area (Å²) < 4.78 is 5.07. The van der Waals surface area contributed by atoms with Gasteiger partial charge in [-0.25, -0.2) is 9.78 Å². The van der Waals surface area contributed by atoms with E-state index < -0.39 is 16.6 Å². The summed E-state index contributed by atoms with van der Waals surface area (Å²) in [6.07, 6.45) is 0.961. The van der Waals surface area contributed by atoms with Crippen molar-refractivity contribution in [2.75, 3.05) is 18.4 Å². The summed E-state index contributed by atoms with van der Waals surface area (Å²) in [6.45, 7) is 7.52. The van der Waals surface area contributed by atoms with E-state index in [1.165, 1.54) is 6.20 Å². The molecule has 1 heterocycles. The van der Waals surface area contributed by atoms with Crippen molar-refractivity contribution in [3.63, 3.8) is 0 Å². The van der Waals surface area contributed by atoms with Crippen LogP contribution in [0.25, 0.3) is 0 Å². The van der Waals surface area contributed by atoms with Crippen LogP contribution in [0.1, 0.15) is 26.3 Å². The van der Waals surface area contributed by atoms with Crippen molar-refractivity contribution in [2.45, 2.75) is 33.3 Å². The van der Waals surface area contributed by atoms with Gasteiger partial charge in [0.05, 0.1) is 4.92 Å². The molecular formula is C13H20N4O4. The topological polar surface area (TPSA) is 106 Å². The van der Waals surface area contributed by atoms with Gasteiger partial charge in [0.25, 0.3) is 0 Å². The maximum absolute atomic E-state index is 11.4. The number of carbonyl (C=O) groups excluding carboxylic acids is 1. The highest BCUT2D eigenvalue weighted by Crippen LogP contribution is 2.24. The zero-order valence-corrected chi connectivity index (χ0v) is 12.6. The van der Waals surface area contributed by atoms with Gasteiger partial charge in [0, 0.05) is 24.8 Å². The van der Waals surface area contributed by atoms with Crippen molar-refractivity contribution in [1.29, 1.82) is 0 Å². The first-order valence-electron chi connectivity index (χ1n) is 6.51. The summed E-state index contributed by atoms with van der Waals surface area (Å²) in [5.74, 6) is 0.186. The number of alkyl carbamates (subject to hydrolysis) is 1. The summed E-state index contributed by atoms with van der Waals surface area (Å²) in [4.78, 5) is 25.9. The van der Waals surface area contributed by atoms with Gasteiger partial charge in [0.1, 0.15) is 5.60 Å². The van der Waals surface area contributed by atoms with E-state index in [0.717, 1.165) is 0 Å². The van der Waals surface area contributed by atoms with Crippen LogP contribution in [0.15, 0.2) is 12.3 Å². The van der Waals surface area contributed by atoms with E-state index in [9.17, 15) is 14.9 Å². The molecule has 8 nitrogen and oxygen atoms in total. The van der Waals surface area contributed by atoms with Crippen molar-refractivity contribution >= 4 is 17.6 Å². The fourth-order valence-electron chi connectivity index (χ4n) is 1.57. The van der Waals surface area contributed by atoms with Crippen LogP contribution in [0, 0.1) is 17.0 Å². The van der Waals surface area contributed by atoms with Crippen molar-refractivity contribution in [1.82, 2.24) is 10.3 Å². The van der Waals surface area contributed by atoms with Gasteiger partial charge in [-0.15, -0.1) is 0 Å². The fourth-order valence-corrected chi connectivity index (χ4v) is 1.57. The van der Waals surface area contributed by atoms with E-state index in [4.69, 9.17) is 4.74 Å². The van der Waals surface area contributed by atoms with Gasteiger partial charge in [-0.2, -0.15) is 0 Å². The van der Waals surface area contributed by atoms with Crippen LogP contribution >= 0.6 is 0 Å². The van der Waals surface area contributed by atoms with Gasteiger partial charge >= 0.3 is 11.8 Å². The van der Waals surface area contributed by atoms with Crippen molar-refractivity contribution in [3.8, 4) is 0 Å². The van der Waals surface area contributed by atoms with E-state index >= 15 is 0 Å². The summed E-state index contributed by atoms with van der Waals surface area (Å²) in [5, 5.41) is 16.4. The summed E-state index contributed by atoms with van der Waals surface area (Å²) >= 11 is 0. The first-order chi connectivity index (χ1) is 9.70. The largest absolute Gasteiger partial charge is 0.444 e. The lowest BCUT2D eigenvalue weighted by molar-refractivity contribution is -0.384. The number of amides is 1. The molecule has 0 radical (unpaired) electrons. The maximum atomic E-state index is 11.4. The minimum absolute atomic E-state index is 0.0604. The number of aromatic nitrogens is 1. The van der Waals surface area contributed by atoms with Gasteiger partial charge in [-0.05, 0) is 33.8 Å². The Morgan fingerprint density at radius 1 is 1.43 bits per heavy atom. The predicted octanol–water partition coefficient (Wildman–Crippen LogP) is 2.23. The second-order valence-corrected chi connectivity index (χ2v) is 5.44. The third-order valence-corrected chi connectivity index (χ3v) is 2.39. The Morgan fingerprint density at radius 2 is 2.10 bits per heavy atom. The molecule has 0 aliphatic carbocycles. The van der Waals surface area contributed by atoms with Gasteiger partial charge in [-0.1, -0.05) is 0 Å². The van der Waals surface area contributed by atoms with Crippen LogP contribution in [0.4, 0.5) is 16.3 Å². The van der Waals surface area contributed by atoms with Gasteiger partial charge in [-0.3, -0.25) is 10.1 Å². The molecule has 0 spiro atoms. The van der Waals surface area contributed by atoms with Crippen LogP contribution in [0.2, 0.25) is 0 Å². The molecule has 0 bridgehead atoms. The number of pyridine rings is 1. The van der Waals surface area contributed by atoms with E-state index in [1.54, 1.807) is 33.8 Å². The van der Waals surface area contributed by atoms with Crippen LogP contribution in [0.3, 0.4) is 0 Å². The lowest BCUT2D eigenvalue weighted by atomic mass is 10.2. The Bertz CT molecular complexity index is 525. The zero-order chi connectivity index (χ0) is 16.0. The molecule has 0 atom stereocenters. The SMILES string of the molecule is Cc1ccnc(NCCNC(=O)OC(C)(C)C)c1[N+](=O)[O-]. The van der Waals surface area contributed by atoms with E-state index in [-0.39, 0.29) is 18.1 Å². The summed E-state index contributed by atoms with van der Waals surface area (Å²) in [7, 11) is 0. The molecule has 1 aromatic rings. The average Bonchev–Trinajstić information content (AvgIpc) is 2.32. The molecule has 0 saturated carbocycles. The number of nitrogens with one attached hydrogen (secondary N) is 2. The number of hydrogen-bond acceptors (Lipinski definition) is 6. The molecule has 0 saturated heterocycles. The third kappa shape index (κ3) is 5.64. The van der Waals surface area contributed by atoms with Crippen LogP contribution in [-0.4, -0.2) is 34.7 Å². The molecule has 1 aromatic heterocycles. The van der Waals surface area contributed by atoms with Crippen LogP contribution in [-0.2, 0) is 4.74 Å². The minimum atomic E-state index is -0.561. The Labute approximate surface area is 123 Å². The summed E-state index contributed by atoms with van der Waals surface area (Å²) in [5.41, 5.74) is -0.0960. The van der Waals surface area contributed by atoms with Gasteiger partial charge in [0.15, 0.2) is 0 Å². The standard InChI is InChI=1S/C13H20N4O4/c1-9-5-6-14-11(10(9)17(19)20)15-7-8-16-12(18)21-13(2,3)4/h5-6H,7-8H2,1-4H3,(H,14,15)(H,16,18). The number of ether oxygens (including phenoxy) is 1. The minimum Gasteiger partial charge on any atom is -0.444 e. The van der Waals surface area contributed by atoms with Crippen LogP contribution in [0.5, 0.6) is 0 Å². The zero-order valence-electron chi connectivity index (χ0n) is 12.6. The molecule has 1 amide bonds. The van der Waals surface area contributed by atoms with E-state index in [1.807, 2.05) is 0 Å². The highest BCUT2D eigenvalue weighted by molar-refractivity contribution is 5.67. The van der Waals surface area contributed by atoms with Gasteiger partial charge < -0.3 is 15.4 Å². The number of nitrogens with zero attached hydrogens (tertiary/aromatic N) is 2. The molecular weight excluding hydrogens is 276 g/mol. The van der Waals surface area contributed by atoms with Gasteiger partial charge in [0.2, 0.25) is 5.82 Å². The number of hydrogen-bond donors (Lipinski definition) is 2. The Balaban J connectivity index is 2.49. The normalized spacial score (nSPS) is 10.9. The lowest BCUT2D eigenvalue weighted by Crippen LogP contribution is -2.35. The quantitative estimate of drug-likeness (QED) is 0.490. The molecule has 0 unspecified atom stereocenters. The number of rotatable bonds is 5. The number of carbonyl (C=O) groups is 1. The number of anilines is 1. The van der Waals surface area contributed by atoms with Crippen LogP contribution < -0.4 is 10.6 Å². The molecule has 0 aliphatic rings. The average molecular weight is 296 g/mol. The van der Waals surface area contributed by atoms with E-state index in [2.05, 4.69) is 15.6 Å². The maximum Gasteiger partial charge on any atom is 0.407 e. The first kappa shape index (κ1) is 16.7. The third-order valence-electron chi connectivity index (χ3n) is 2.39. The Morgan fingerprint density at radius 3 is 2.67 bits per heavy atom. The molecule has 0 fully saturated rings. The Hall–Kier alpha value is -2.38. The lowest BCUT2D eigenvalue weighted by Gasteiger charge is -2.19. The van der Waals surface area contributed by atoms with Crippen molar-refractivity contribution in [2.24, 2.45) is 0 Å². The van der Waals surface area contributed by atoms with E-state index in [0.29, 0.717) is 12.1 Å². The first-order valence-corrected chi connectivity index (χ1v) is 6.51. The summed E-state index contributed by atoms with van der Waals surface area (Å²) in [6, 6.07) is 1.57. The Kier molecular flexibility index (Phi) is 5.45. The second-order valence-electron chi connectivity index (χ2n) is 5.44. The molecule has 8 heteroatoms. The fraction of sp³-hybridized carbons (Fsp3) is 0.538. The number of nitro groups is 1. The predicted molar refractivity (Wildman–Crippen MR) is 78.4 cm³/mol.